The molecule has 23 heavy (non-hydrogen) atoms. The molecule has 3 rings (SSSR count). The third kappa shape index (κ3) is 2.61. The van der Waals surface area contributed by atoms with E-state index < -0.39 is 21.0 Å². The molecule has 1 aromatic carbocycles. The maximum absolute atomic E-state index is 12.7. The van der Waals surface area contributed by atoms with Crippen molar-refractivity contribution >= 4 is 25.8 Å². The molecule has 0 spiro atoms. The molecule has 0 aromatic heterocycles. The Bertz CT molecular complexity index is 794. The van der Waals surface area contributed by atoms with Crippen molar-refractivity contribution in [2.75, 3.05) is 13.2 Å². The van der Waals surface area contributed by atoms with E-state index in [0.29, 0.717) is 18.8 Å². The van der Waals surface area contributed by atoms with Crippen molar-refractivity contribution in [2.24, 2.45) is 0 Å². The summed E-state index contributed by atoms with van der Waals surface area (Å²) in [4.78, 5) is 0.272. The number of hydrogen-bond donors (Lipinski definition) is 0. The topological polar surface area (TPSA) is 52.6 Å². The van der Waals surface area contributed by atoms with E-state index in [1.54, 1.807) is 30.3 Å². The monoisotopic (exact) mass is 398 g/mol. The number of ether oxygens (including phenoxy) is 2. The lowest BCUT2D eigenvalue weighted by Crippen LogP contribution is -2.56. The Kier molecular flexibility index (Phi) is 4.08. The van der Waals surface area contributed by atoms with Crippen molar-refractivity contribution < 1.29 is 17.9 Å². The zero-order chi connectivity index (χ0) is 16.9. The summed E-state index contributed by atoms with van der Waals surface area (Å²) in [6.45, 7) is 6.61. The van der Waals surface area contributed by atoms with Gasteiger partial charge in [-0.3, -0.25) is 0 Å². The second kappa shape index (κ2) is 5.55. The standard InChI is InChI=1S/C17H19BrO4S/c1-12-4-6-14(7-5-12)23(19,20)11-13-10-15(18)17(3)16(13,2)21-8-9-22-17/h4-7,10-11H,8-9H2,1-3H3/b13-11+/t16-,17+/m1/s1. The average molecular weight is 399 g/mol. The second-order valence-electron chi connectivity index (χ2n) is 6.19. The minimum absolute atomic E-state index is 0.272. The van der Waals surface area contributed by atoms with Crippen LogP contribution in [0.5, 0.6) is 0 Å². The molecule has 2 atom stereocenters. The van der Waals surface area contributed by atoms with Crippen LogP contribution in [0.3, 0.4) is 0 Å². The predicted molar refractivity (Wildman–Crippen MR) is 92.2 cm³/mol. The first kappa shape index (κ1) is 16.9. The number of aryl methyl sites for hydroxylation is 1. The van der Waals surface area contributed by atoms with Crippen molar-refractivity contribution in [1.82, 2.24) is 0 Å². The van der Waals surface area contributed by atoms with Gasteiger partial charge in [0.05, 0.1) is 18.1 Å². The molecule has 124 valence electrons. The van der Waals surface area contributed by atoms with E-state index in [1.807, 2.05) is 20.8 Å². The van der Waals surface area contributed by atoms with Gasteiger partial charge in [-0.05, 0) is 44.6 Å². The molecule has 0 N–H and O–H groups in total. The largest absolute Gasteiger partial charge is 0.365 e. The number of rotatable bonds is 2. The number of hydrogen-bond acceptors (Lipinski definition) is 4. The molecule has 1 aliphatic heterocycles. The van der Waals surface area contributed by atoms with Crippen LogP contribution in [0.4, 0.5) is 0 Å². The summed E-state index contributed by atoms with van der Waals surface area (Å²) in [6.07, 6.45) is 1.79. The van der Waals surface area contributed by atoms with Crippen molar-refractivity contribution in [2.45, 2.75) is 36.9 Å². The summed E-state index contributed by atoms with van der Waals surface area (Å²) < 4.78 is 38.0. The van der Waals surface area contributed by atoms with Crippen LogP contribution >= 0.6 is 15.9 Å². The summed E-state index contributed by atoms with van der Waals surface area (Å²) in [5.41, 5.74) is 0.0673. The van der Waals surface area contributed by atoms with Gasteiger partial charge in [0.25, 0.3) is 0 Å². The van der Waals surface area contributed by atoms with Crippen molar-refractivity contribution in [3.8, 4) is 0 Å². The fraction of sp³-hybridized carbons (Fsp3) is 0.412. The number of fused-ring (bicyclic) bond motifs is 1. The molecular formula is C17H19BrO4S. The van der Waals surface area contributed by atoms with E-state index in [4.69, 9.17) is 9.47 Å². The van der Waals surface area contributed by atoms with Gasteiger partial charge in [-0.2, -0.15) is 0 Å². The first-order valence-corrected chi connectivity index (χ1v) is 9.72. The molecule has 2 aliphatic rings. The quantitative estimate of drug-likeness (QED) is 0.764. The number of halogens is 1. The highest BCUT2D eigenvalue weighted by Gasteiger charge is 2.57. The second-order valence-corrected chi connectivity index (χ2v) is 8.84. The zero-order valence-corrected chi connectivity index (χ0v) is 15.7. The Labute approximate surface area is 145 Å². The molecule has 0 radical (unpaired) electrons. The molecule has 1 aromatic rings. The van der Waals surface area contributed by atoms with Crippen LogP contribution in [0, 0.1) is 6.92 Å². The Morgan fingerprint density at radius 1 is 1.09 bits per heavy atom. The lowest BCUT2D eigenvalue weighted by atomic mass is 9.85. The van der Waals surface area contributed by atoms with Crippen LogP contribution in [0.25, 0.3) is 0 Å². The summed E-state index contributed by atoms with van der Waals surface area (Å²) in [7, 11) is -3.56. The SMILES string of the molecule is Cc1ccc(S(=O)(=O)/C=C2\C=C(Br)[C@]3(C)OCCO[C@]23C)cc1. The van der Waals surface area contributed by atoms with Crippen molar-refractivity contribution in [1.29, 1.82) is 0 Å². The average Bonchev–Trinajstić information content (AvgIpc) is 2.68. The van der Waals surface area contributed by atoms with E-state index in [0.717, 1.165) is 10.0 Å². The maximum Gasteiger partial charge on any atom is 0.200 e. The molecular weight excluding hydrogens is 380 g/mol. The van der Waals surface area contributed by atoms with E-state index in [-0.39, 0.29) is 4.90 Å². The predicted octanol–water partition coefficient (Wildman–Crippen LogP) is 3.51. The van der Waals surface area contributed by atoms with Gasteiger partial charge in [-0.1, -0.05) is 33.6 Å². The fourth-order valence-corrected chi connectivity index (χ4v) is 4.96. The van der Waals surface area contributed by atoms with Crippen LogP contribution < -0.4 is 0 Å². The normalized spacial score (nSPS) is 32.7. The summed E-state index contributed by atoms with van der Waals surface area (Å²) in [5.74, 6) is 0. The van der Waals surface area contributed by atoms with E-state index >= 15 is 0 Å². The van der Waals surface area contributed by atoms with Gasteiger partial charge in [0, 0.05) is 9.89 Å². The summed E-state index contributed by atoms with van der Waals surface area (Å²) in [5, 5.41) is 1.29. The minimum atomic E-state index is -3.56. The Morgan fingerprint density at radius 3 is 2.26 bits per heavy atom. The van der Waals surface area contributed by atoms with Crippen LogP contribution in [0.1, 0.15) is 19.4 Å². The molecule has 1 aliphatic carbocycles. The van der Waals surface area contributed by atoms with Crippen molar-refractivity contribution in [3.05, 3.63) is 51.4 Å². The third-order valence-electron chi connectivity index (χ3n) is 4.70. The highest BCUT2D eigenvalue weighted by atomic mass is 79.9. The molecule has 0 saturated carbocycles. The smallest absolute Gasteiger partial charge is 0.200 e. The fourth-order valence-electron chi connectivity index (χ4n) is 2.94. The van der Waals surface area contributed by atoms with Crippen LogP contribution in [-0.2, 0) is 19.3 Å². The number of benzene rings is 1. The maximum atomic E-state index is 12.7. The van der Waals surface area contributed by atoms with Gasteiger partial charge in [-0.15, -0.1) is 0 Å². The molecule has 1 saturated heterocycles. The van der Waals surface area contributed by atoms with Crippen LogP contribution in [-0.4, -0.2) is 32.8 Å². The molecule has 6 heteroatoms. The van der Waals surface area contributed by atoms with Gasteiger partial charge >= 0.3 is 0 Å². The Balaban J connectivity index is 2.07. The minimum Gasteiger partial charge on any atom is -0.365 e. The van der Waals surface area contributed by atoms with Crippen LogP contribution in [0.2, 0.25) is 0 Å². The molecule has 1 heterocycles. The lowest BCUT2D eigenvalue weighted by Gasteiger charge is -2.45. The van der Waals surface area contributed by atoms with Gasteiger partial charge in [0.15, 0.2) is 9.84 Å². The summed E-state index contributed by atoms with van der Waals surface area (Å²) in [6, 6.07) is 6.82. The number of sulfone groups is 1. The highest BCUT2D eigenvalue weighted by Crippen LogP contribution is 2.51. The first-order chi connectivity index (χ1) is 10.7. The molecule has 0 bridgehead atoms. The zero-order valence-electron chi connectivity index (χ0n) is 13.3. The summed E-state index contributed by atoms with van der Waals surface area (Å²) >= 11 is 3.51. The lowest BCUT2D eigenvalue weighted by molar-refractivity contribution is -0.203. The van der Waals surface area contributed by atoms with Gasteiger partial charge in [0.1, 0.15) is 11.2 Å². The van der Waals surface area contributed by atoms with Crippen molar-refractivity contribution in [3.63, 3.8) is 0 Å². The Hall–Kier alpha value is -0.950. The van der Waals surface area contributed by atoms with E-state index in [1.165, 1.54) is 5.41 Å². The molecule has 0 amide bonds. The first-order valence-electron chi connectivity index (χ1n) is 7.39. The Morgan fingerprint density at radius 2 is 1.65 bits per heavy atom. The molecule has 0 unspecified atom stereocenters. The molecule has 4 nitrogen and oxygen atoms in total. The van der Waals surface area contributed by atoms with Crippen LogP contribution in [0.15, 0.2) is 50.7 Å². The van der Waals surface area contributed by atoms with E-state index in [9.17, 15) is 8.42 Å². The molecule has 1 fully saturated rings. The van der Waals surface area contributed by atoms with Gasteiger partial charge in [-0.25, -0.2) is 8.42 Å². The van der Waals surface area contributed by atoms with Gasteiger partial charge in [0.2, 0.25) is 0 Å². The van der Waals surface area contributed by atoms with E-state index in [2.05, 4.69) is 15.9 Å². The third-order valence-corrected chi connectivity index (χ3v) is 7.17. The highest BCUT2D eigenvalue weighted by molar-refractivity contribution is 9.11. The van der Waals surface area contributed by atoms with Gasteiger partial charge < -0.3 is 9.47 Å².